The van der Waals surface area contributed by atoms with Crippen LogP contribution in [0.25, 0.3) is 0 Å². The molecule has 2 fully saturated rings. The molecule has 10 heteroatoms. The van der Waals surface area contributed by atoms with Crippen LogP contribution in [-0.4, -0.2) is 85.9 Å². The zero-order chi connectivity index (χ0) is 24.7. The molecule has 10 nitrogen and oxygen atoms in total. The zero-order valence-electron chi connectivity index (χ0n) is 20.4. The standard InChI is InChI=1S/C25H31N5O5/c1-25(2,31)16-5-6-19(21(8-16)35-18-11-33-12-18)28-24-27-10-15-7-17(9-26)30(23(15)29(24)3)20-13-34-14-22(20)32-4/h5-8,10,18,20,22-23,31H,11-14H2,1-4H3,(H,27,28)/t20-,22-,23?/m1/s1. The van der Waals surface area contributed by atoms with Gasteiger partial charge in [0.25, 0.3) is 0 Å². The van der Waals surface area contributed by atoms with E-state index in [1.165, 1.54) is 0 Å². The molecule has 4 aliphatic rings. The van der Waals surface area contributed by atoms with Gasteiger partial charge in [-0.15, -0.1) is 0 Å². The van der Waals surface area contributed by atoms with Crippen molar-refractivity contribution in [2.75, 3.05) is 45.9 Å². The molecule has 2 saturated heterocycles. The highest BCUT2D eigenvalue weighted by molar-refractivity contribution is 5.96. The van der Waals surface area contributed by atoms with Gasteiger partial charge in [0.15, 0.2) is 0 Å². The van der Waals surface area contributed by atoms with Gasteiger partial charge in [-0.2, -0.15) is 5.26 Å². The van der Waals surface area contributed by atoms with E-state index in [1.54, 1.807) is 27.2 Å². The summed E-state index contributed by atoms with van der Waals surface area (Å²) in [6.07, 6.45) is 3.26. The fourth-order valence-electron chi connectivity index (χ4n) is 4.72. The van der Waals surface area contributed by atoms with Crippen molar-refractivity contribution in [1.82, 2.24) is 9.80 Å². The number of nitriles is 1. The molecule has 5 rings (SSSR count). The molecule has 0 radical (unpaired) electrons. The molecular weight excluding hydrogens is 450 g/mol. The highest BCUT2D eigenvalue weighted by Crippen LogP contribution is 2.37. The van der Waals surface area contributed by atoms with Crippen LogP contribution in [0.15, 0.2) is 46.7 Å². The zero-order valence-corrected chi connectivity index (χ0v) is 20.4. The first-order valence-corrected chi connectivity index (χ1v) is 11.7. The quantitative estimate of drug-likeness (QED) is 0.628. The number of aliphatic hydroxyl groups is 1. The monoisotopic (exact) mass is 481 g/mol. The van der Waals surface area contributed by atoms with Gasteiger partial charge in [-0.3, -0.25) is 0 Å². The molecular formula is C25H31N5O5. The molecule has 0 saturated carbocycles. The predicted molar refractivity (Wildman–Crippen MR) is 129 cm³/mol. The predicted octanol–water partition coefficient (Wildman–Crippen LogP) is 1.75. The molecule has 0 spiro atoms. The fraction of sp³-hybridized carbons (Fsp3) is 0.520. The van der Waals surface area contributed by atoms with Crippen LogP contribution in [0.5, 0.6) is 5.75 Å². The van der Waals surface area contributed by atoms with E-state index in [9.17, 15) is 10.4 Å². The lowest BCUT2D eigenvalue weighted by molar-refractivity contribution is -0.0795. The Morgan fingerprint density at radius 1 is 1.23 bits per heavy atom. The Hall–Kier alpha value is -3.10. The Morgan fingerprint density at radius 3 is 2.66 bits per heavy atom. The lowest BCUT2D eigenvalue weighted by atomic mass is 9.98. The second-order valence-corrected chi connectivity index (χ2v) is 9.67. The van der Waals surface area contributed by atoms with Crippen LogP contribution in [0.1, 0.15) is 19.4 Å². The average Bonchev–Trinajstić information content (AvgIpc) is 3.42. The minimum Gasteiger partial charge on any atom is -0.483 e. The highest BCUT2D eigenvalue weighted by Gasteiger charge is 2.45. The summed E-state index contributed by atoms with van der Waals surface area (Å²) in [5.74, 6) is 1.22. The maximum Gasteiger partial charge on any atom is 0.204 e. The Morgan fingerprint density at radius 2 is 2.00 bits per heavy atom. The first-order chi connectivity index (χ1) is 16.8. The van der Waals surface area contributed by atoms with Crippen molar-refractivity contribution >= 4 is 11.6 Å². The van der Waals surface area contributed by atoms with E-state index in [2.05, 4.69) is 21.3 Å². The van der Waals surface area contributed by atoms with Crippen LogP contribution in [-0.2, 0) is 19.8 Å². The number of hydrogen-bond donors (Lipinski definition) is 2. The van der Waals surface area contributed by atoms with Gasteiger partial charge >= 0.3 is 0 Å². The minimum atomic E-state index is -1.01. The molecule has 1 unspecified atom stereocenters. The number of aliphatic imine (C=N–C) groups is 1. The van der Waals surface area contributed by atoms with E-state index < -0.39 is 5.60 Å². The second kappa shape index (κ2) is 9.17. The van der Waals surface area contributed by atoms with Crippen molar-refractivity contribution < 1.29 is 24.1 Å². The number of nitrogens with zero attached hydrogens (tertiary/aromatic N) is 4. The van der Waals surface area contributed by atoms with Gasteiger partial charge in [-0.1, -0.05) is 6.07 Å². The van der Waals surface area contributed by atoms with Gasteiger partial charge in [0.05, 0.1) is 43.8 Å². The summed E-state index contributed by atoms with van der Waals surface area (Å²) in [7, 11) is 3.60. The Balaban J connectivity index is 1.43. The van der Waals surface area contributed by atoms with Crippen molar-refractivity contribution in [1.29, 1.82) is 5.26 Å². The number of nitrogens with one attached hydrogen (secondary N) is 1. The maximum absolute atomic E-state index is 10.5. The second-order valence-electron chi connectivity index (χ2n) is 9.67. The lowest BCUT2D eigenvalue weighted by Crippen LogP contribution is -2.56. The van der Waals surface area contributed by atoms with Gasteiger partial charge < -0.3 is 39.2 Å². The van der Waals surface area contributed by atoms with Crippen molar-refractivity contribution in [2.24, 2.45) is 4.99 Å². The van der Waals surface area contributed by atoms with Crippen molar-refractivity contribution in [3.8, 4) is 11.8 Å². The first kappa shape index (κ1) is 23.6. The molecule has 0 aromatic heterocycles. The summed E-state index contributed by atoms with van der Waals surface area (Å²) in [6.45, 7) is 5.52. The number of likely N-dealkylation sites (N-methyl/N-ethyl adjacent to an activating group) is 1. The van der Waals surface area contributed by atoms with Crippen LogP contribution in [0.3, 0.4) is 0 Å². The van der Waals surface area contributed by atoms with Crippen molar-refractivity contribution in [3.05, 3.63) is 47.3 Å². The molecule has 0 bridgehead atoms. The normalized spacial score (nSPS) is 26.4. The van der Waals surface area contributed by atoms with Crippen molar-refractivity contribution in [3.63, 3.8) is 0 Å². The summed E-state index contributed by atoms with van der Waals surface area (Å²) >= 11 is 0. The summed E-state index contributed by atoms with van der Waals surface area (Å²) in [5.41, 5.74) is 1.96. The topological polar surface area (TPSA) is 112 Å². The smallest absolute Gasteiger partial charge is 0.204 e. The third-order valence-corrected chi connectivity index (χ3v) is 6.79. The lowest BCUT2D eigenvalue weighted by Gasteiger charge is -2.42. The van der Waals surface area contributed by atoms with Crippen molar-refractivity contribution in [2.45, 2.75) is 43.9 Å². The van der Waals surface area contributed by atoms with E-state index in [4.69, 9.17) is 18.9 Å². The fourth-order valence-corrected chi connectivity index (χ4v) is 4.72. The number of anilines is 1. The van der Waals surface area contributed by atoms with Gasteiger partial charge in [-0.25, -0.2) is 4.99 Å². The summed E-state index contributed by atoms with van der Waals surface area (Å²) < 4.78 is 22.7. The molecule has 2 N–H and O–H groups in total. The maximum atomic E-state index is 10.5. The molecule has 35 heavy (non-hydrogen) atoms. The largest absolute Gasteiger partial charge is 0.483 e. The molecule has 4 heterocycles. The molecule has 3 atom stereocenters. The summed E-state index contributed by atoms with van der Waals surface area (Å²) in [6, 6.07) is 7.83. The third-order valence-electron chi connectivity index (χ3n) is 6.79. The number of fused-ring (bicyclic) bond motifs is 1. The highest BCUT2D eigenvalue weighted by atomic mass is 16.6. The van der Waals surface area contributed by atoms with Gasteiger partial charge in [0.2, 0.25) is 5.96 Å². The number of hydrogen-bond acceptors (Lipinski definition) is 10. The average molecular weight is 482 g/mol. The third kappa shape index (κ3) is 4.36. The van der Waals surface area contributed by atoms with E-state index in [1.807, 2.05) is 36.2 Å². The summed E-state index contributed by atoms with van der Waals surface area (Å²) in [4.78, 5) is 8.70. The van der Waals surface area contributed by atoms with Crippen LogP contribution >= 0.6 is 0 Å². The summed E-state index contributed by atoms with van der Waals surface area (Å²) in [5, 5.41) is 23.7. The van der Waals surface area contributed by atoms with Crippen LogP contribution in [0.4, 0.5) is 5.69 Å². The van der Waals surface area contributed by atoms with E-state index in [0.717, 1.165) is 16.8 Å². The van der Waals surface area contributed by atoms with E-state index in [0.29, 0.717) is 43.8 Å². The van der Waals surface area contributed by atoms with Gasteiger partial charge in [0, 0.05) is 25.9 Å². The Kier molecular flexibility index (Phi) is 6.19. The number of guanidine groups is 1. The Bertz CT molecular complexity index is 1110. The van der Waals surface area contributed by atoms with E-state index in [-0.39, 0.29) is 24.4 Å². The Labute approximate surface area is 205 Å². The van der Waals surface area contributed by atoms with E-state index >= 15 is 0 Å². The first-order valence-electron chi connectivity index (χ1n) is 11.7. The SMILES string of the molecule is CO[C@@H]1COC[C@H]1N1C(C#N)=CC2=CN=C(Nc3ccc(C(C)(C)O)cc3OC3COC3)N(C)C21. The molecule has 0 aliphatic carbocycles. The molecule has 4 aliphatic heterocycles. The van der Waals surface area contributed by atoms with Gasteiger partial charge in [0.1, 0.15) is 35.9 Å². The number of methoxy groups -OCH3 is 1. The van der Waals surface area contributed by atoms with Crippen LogP contribution in [0, 0.1) is 11.3 Å². The van der Waals surface area contributed by atoms with Crippen LogP contribution < -0.4 is 10.1 Å². The molecule has 1 aromatic carbocycles. The number of allylic oxidation sites excluding steroid dienone is 1. The number of rotatable bonds is 6. The molecule has 186 valence electrons. The molecule has 1 aromatic rings. The van der Waals surface area contributed by atoms with Gasteiger partial charge in [-0.05, 0) is 37.6 Å². The number of ether oxygens (including phenoxy) is 4. The minimum absolute atomic E-state index is 0.0359. The molecule has 0 amide bonds. The van der Waals surface area contributed by atoms with Crippen LogP contribution in [0.2, 0.25) is 0 Å². The number of benzene rings is 1.